The highest BCUT2D eigenvalue weighted by Gasteiger charge is 2.33. The molecular weight excluding hydrogens is 212 g/mol. The summed E-state index contributed by atoms with van der Waals surface area (Å²) in [5.41, 5.74) is 5.40. The second kappa shape index (κ2) is 4.70. The number of carbonyl (C=O) groups excluding carboxylic acids is 2. The number of nitrogens with zero attached hydrogens (tertiary/aromatic N) is 1. The molecule has 0 aliphatic carbocycles. The van der Waals surface area contributed by atoms with Crippen molar-refractivity contribution in [3.05, 3.63) is 0 Å². The van der Waals surface area contributed by atoms with E-state index in [2.05, 4.69) is 0 Å². The van der Waals surface area contributed by atoms with Gasteiger partial charge in [0.2, 0.25) is 11.8 Å². The van der Waals surface area contributed by atoms with Crippen molar-refractivity contribution in [2.75, 3.05) is 0 Å². The quantitative estimate of drug-likeness (QED) is 0.574. The Morgan fingerprint density at radius 2 is 2.00 bits per heavy atom. The van der Waals surface area contributed by atoms with Crippen LogP contribution in [0.15, 0.2) is 0 Å². The van der Waals surface area contributed by atoms with Gasteiger partial charge in [-0.2, -0.15) is 0 Å². The van der Waals surface area contributed by atoms with Crippen LogP contribution in [-0.4, -0.2) is 27.7 Å². The zero-order chi connectivity index (χ0) is 11.6. The first kappa shape index (κ1) is 12.1. The number of hydrogen-bond acceptors (Lipinski definition) is 3. The number of imide groups is 1. The van der Waals surface area contributed by atoms with Gasteiger partial charge in [-0.3, -0.25) is 14.5 Å². The summed E-state index contributed by atoms with van der Waals surface area (Å²) in [7, 11) is 0. The van der Waals surface area contributed by atoms with E-state index >= 15 is 0 Å². The Morgan fingerprint density at radius 3 is 2.40 bits per heavy atom. The second-order valence-corrected chi connectivity index (χ2v) is 4.71. The van der Waals surface area contributed by atoms with Crippen molar-refractivity contribution in [2.45, 2.75) is 39.2 Å². The lowest BCUT2D eigenvalue weighted by atomic mass is 9.96. The smallest absolute Gasteiger partial charge is 0.229 e. The lowest BCUT2D eigenvalue weighted by Crippen LogP contribution is -2.48. The van der Waals surface area contributed by atoms with E-state index in [4.69, 9.17) is 18.0 Å². The van der Waals surface area contributed by atoms with Crippen molar-refractivity contribution in [1.82, 2.24) is 4.90 Å². The van der Waals surface area contributed by atoms with Crippen LogP contribution in [-0.2, 0) is 9.59 Å². The average Bonchev–Trinajstić information content (AvgIpc) is 1.99. The van der Waals surface area contributed by atoms with Crippen molar-refractivity contribution in [2.24, 2.45) is 11.7 Å². The Bertz CT molecular complexity index is 286. The molecule has 0 saturated carbocycles. The minimum Gasteiger partial charge on any atom is -0.393 e. The minimum atomic E-state index is -0.213. The van der Waals surface area contributed by atoms with Crippen molar-refractivity contribution in [1.29, 1.82) is 0 Å². The molecule has 0 aromatic carbocycles. The molecule has 1 aliphatic rings. The van der Waals surface area contributed by atoms with Gasteiger partial charge in [0.15, 0.2) is 0 Å². The van der Waals surface area contributed by atoms with Crippen LogP contribution in [0.3, 0.4) is 0 Å². The fourth-order valence-electron chi connectivity index (χ4n) is 1.88. The third-order valence-corrected chi connectivity index (χ3v) is 2.69. The molecule has 4 nitrogen and oxygen atoms in total. The average molecular weight is 228 g/mol. The van der Waals surface area contributed by atoms with Gasteiger partial charge in [0.1, 0.15) is 0 Å². The molecule has 5 heteroatoms. The maximum Gasteiger partial charge on any atom is 0.229 e. The molecule has 1 aliphatic heterocycles. The molecule has 1 rings (SSSR count). The Kier molecular flexibility index (Phi) is 3.79. The number of hydrogen-bond donors (Lipinski definition) is 1. The third-order valence-electron chi connectivity index (χ3n) is 2.52. The monoisotopic (exact) mass is 228 g/mol. The van der Waals surface area contributed by atoms with Crippen LogP contribution in [0.1, 0.15) is 33.1 Å². The maximum atomic E-state index is 11.7. The first-order valence-electron chi connectivity index (χ1n) is 5.05. The van der Waals surface area contributed by atoms with E-state index in [1.807, 2.05) is 6.92 Å². The van der Waals surface area contributed by atoms with E-state index in [1.165, 1.54) is 4.90 Å². The summed E-state index contributed by atoms with van der Waals surface area (Å²) in [5, 5.41) is 0. The molecule has 0 bridgehead atoms. The standard InChI is InChI=1S/C10H16N2O2S/c1-6-3-9(13)12(10(14)4-6)7(2)5-8(11)15/h6-7H,3-5H2,1-2H3,(H2,11,15). The van der Waals surface area contributed by atoms with Crippen molar-refractivity contribution < 1.29 is 9.59 Å². The van der Waals surface area contributed by atoms with Crippen LogP contribution >= 0.6 is 12.2 Å². The summed E-state index contributed by atoms with van der Waals surface area (Å²) in [4.78, 5) is 25.0. The maximum absolute atomic E-state index is 11.7. The zero-order valence-corrected chi connectivity index (χ0v) is 9.84. The van der Waals surface area contributed by atoms with Crippen molar-refractivity contribution in [3.8, 4) is 0 Å². The number of nitrogens with two attached hydrogens (primary N) is 1. The largest absolute Gasteiger partial charge is 0.393 e. The van der Waals surface area contributed by atoms with E-state index in [0.29, 0.717) is 24.3 Å². The van der Waals surface area contributed by atoms with Gasteiger partial charge in [0.25, 0.3) is 0 Å². The van der Waals surface area contributed by atoms with Gasteiger partial charge in [-0.15, -0.1) is 0 Å². The predicted octanol–water partition coefficient (Wildman–Crippen LogP) is 0.836. The summed E-state index contributed by atoms with van der Waals surface area (Å²) < 4.78 is 0. The molecule has 0 spiro atoms. The Hall–Kier alpha value is -0.970. The summed E-state index contributed by atoms with van der Waals surface area (Å²) in [6, 6.07) is -0.213. The van der Waals surface area contributed by atoms with Crippen LogP contribution in [0, 0.1) is 5.92 Å². The third kappa shape index (κ3) is 2.99. The van der Waals surface area contributed by atoms with Crippen LogP contribution < -0.4 is 5.73 Å². The molecule has 1 fully saturated rings. The van der Waals surface area contributed by atoms with E-state index in [-0.39, 0.29) is 23.8 Å². The molecule has 0 radical (unpaired) electrons. The van der Waals surface area contributed by atoms with Crippen molar-refractivity contribution >= 4 is 29.0 Å². The number of thiocarbonyl (C=S) groups is 1. The van der Waals surface area contributed by atoms with E-state index in [9.17, 15) is 9.59 Å². The van der Waals surface area contributed by atoms with E-state index < -0.39 is 0 Å². The Morgan fingerprint density at radius 1 is 1.53 bits per heavy atom. The van der Waals surface area contributed by atoms with E-state index in [1.54, 1.807) is 6.92 Å². The highest BCUT2D eigenvalue weighted by atomic mass is 32.1. The molecule has 2 N–H and O–H groups in total. The van der Waals surface area contributed by atoms with E-state index in [0.717, 1.165) is 0 Å². The molecule has 1 heterocycles. The van der Waals surface area contributed by atoms with Gasteiger partial charge in [-0.25, -0.2) is 0 Å². The molecular formula is C10H16N2O2S. The van der Waals surface area contributed by atoms with Crippen LogP contribution in [0.2, 0.25) is 0 Å². The predicted molar refractivity (Wildman–Crippen MR) is 61.1 cm³/mol. The first-order chi connectivity index (χ1) is 6.91. The highest BCUT2D eigenvalue weighted by Crippen LogP contribution is 2.21. The lowest BCUT2D eigenvalue weighted by Gasteiger charge is -2.32. The van der Waals surface area contributed by atoms with Gasteiger partial charge in [-0.05, 0) is 12.8 Å². The van der Waals surface area contributed by atoms with Gasteiger partial charge in [0.05, 0.1) is 4.99 Å². The summed E-state index contributed by atoms with van der Waals surface area (Å²) in [6.07, 6.45) is 1.28. The molecule has 0 aromatic rings. The van der Waals surface area contributed by atoms with Gasteiger partial charge in [-0.1, -0.05) is 19.1 Å². The van der Waals surface area contributed by atoms with Gasteiger partial charge in [0, 0.05) is 25.3 Å². The number of carbonyl (C=O) groups is 2. The fraction of sp³-hybridized carbons (Fsp3) is 0.700. The van der Waals surface area contributed by atoms with Crippen LogP contribution in [0.25, 0.3) is 0 Å². The molecule has 1 saturated heterocycles. The Balaban J connectivity index is 2.71. The van der Waals surface area contributed by atoms with Crippen molar-refractivity contribution in [3.63, 3.8) is 0 Å². The summed E-state index contributed by atoms with van der Waals surface area (Å²) >= 11 is 4.77. The Labute approximate surface area is 94.8 Å². The normalized spacial score (nSPS) is 20.5. The minimum absolute atomic E-state index is 0.109. The SMILES string of the molecule is CC1CC(=O)N(C(C)CC(N)=S)C(=O)C1. The molecule has 0 aromatic heterocycles. The molecule has 1 atom stereocenters. The summed E-state index contributed by atoms with van der Waals surface area (Å²) in [6.45, 7) is 3.70. The first-order valence-corrected chi connectivity index (χ1v) is 5.45. The van der Waals surface area contributed by atoms with Crippen LogP contribution in [0.4, 0.5) is 0 Å². The lowest BCUT2D eigenvalue weighted by molar-refractivity contribution is -0.152. The van der Waals surface area contributed by atoms with Crippen LogP contribution in [0.5, 0.6) is 0 Å². The topological polar surface area (TPSA) is 63.4 Å². The number of rotatable bonds is 3. The highest BCUT2D eigenvalue weighted by molar-refractivity contribution is 7.80. The van der Waals surface area contributed by atoms with Gasteiger partial charge < -0.3 is 5.73 Å². The number of piperidine rings is 1. The molecule has 1 unspecified atom stereocenters. The fourth-order valence-corrected chi connectivity index (χ4v) is 2.12. The summed E-state index contributed by atoms with van der Waals surface area (Å²) in [5.74, 6) is -0.0664. The van der Waals surface area contributed by atoms with Gasteiger partial charge >= 0.3 is 0 Å². The molecule has 2 amide bonds. The number of amides is 2. The number of likely N-dealkylation sites (tertiary alicyclic amines) is 1. The zero-order valence-electron chi connectivity index (χ0n) is 9.03. The second-order valence-electron chi connectivity index (χ2n) is 4.19. The molecule has 84 valence electrons. The molecule has 15 heavy (non-hydrogen) atoms.